The van der Waals surface area contributed by atoms with E-state index < -0.39 is 0 Å². The first-order valence-electron chi connectivity index (χ1n) is 7.51. The van der Waals surface area contributed by atoms with Crippen LogP contribution in [0.25, 0.3) is 16.4 Å². The summed E-state index contributed by atoms with van der Waals surface area (Å²) in [5, 5.41) is 11.5. The molecular weight excluding hydrogens is 408 g/mol. The maximum Gasteiger partial charge on any atom is 0.239 e. The van der Waals surface area contributed by atoms with Gasteiger partial charge in [0.15, 0.2) is 5.82 Å². The van der Waals surface area contributed by atoms with Crippen LogP contribution in [0.1, 0.15) is 12.8 Å². The first-order valence-corrected chi connectivity index (χ1v) is 10.1. The number of thiophene rings is 1. The standard InChI is InChI=1S/C16H15BrN4OS2/c1-22-13-7-4-10(17)9-12(13)21-15(14-3-2-8-23-14)18-19-16(21)20-24-11-5-6-11/h2-4,7-9,11H,5-6H2,1H3,(H,19,20). The van der Waals surface area contributed by atoms with Crippen LogP contribution in [0.4, 0.5) is 5.95 Å². The first kappa shape index (κ1) is 16.0. The first-order chi connectivity index (χ1) is 11.8. The van der Waals surface area contributed by atoms with Crippen molar-refractivity contribution in [3.8, 4) is 22.1 Å². The molecule has 124 valence electrons. The Labute approximate surface area is 156 Å². The number of ether oxygens (including phenoxy) is 1. The molecule has 0 spiro atoms. The van der Waals surface area contributed by atoms with Crippen LogP contribution in [0, 0.1) is 0 Å². The molecule has 0 bridgehead atoms. The fraction of sp³-hybridized carbons (Fsp3) is 0.250. The lowest BCUT2D eigenvalue weighted by molar-refractivity contribution is 0.413. The molecule has 2 aromatic heterocycles. The molecule has 1 aliphatic carbocycles. The fourth-order valence-electron chi connectivity index (χ4n) is 2.30. The lowest BCUT2D eigenvalue weighted by Crippen LogP contribution is -2.04. The summed E-state index contributed by atoms with van der Waals surface area (Å²) in [6.07, 6.45) is 2.51. The van der Waals surface area contributed by atoms with E-state index in [1.54, 1.807) is 30.4 Å². The normalized spacial score (nSPS) is 13.9. The second kappa shape index (κ2) is 6.78. The van der Waals surface area contributed by atoms with Gasteiger partial charge in [0.05, 0.1) is 17.7 Å². The maximum atomic E-state index is 5.56. The summed E-state index contributed by atoms with van der Waals surface area (Å²) in [6.45, 7) is 0. The number of nitrogens with zero attached hydrogens (tertiary/aromatic N) is 3. The Morgan fingerprint density at radius 3 is 2.92 bits per heavy atom. The zero-order valence-electron chi connectivity index (χ0n) is 12.9. The third-order valence-electron chi connectivity index (χ3n) is 3.63. The van der Waals surface area contributed by atoms with E-state index in [1.807, 2.05) is 40.3 Å². The van der Waals surface area contributed by atoms with Crippen LogP contribution in [0.3, 0.4) is 0 Å². The summed E-state index contributed by atoms with van der Waals surface area (Å²) < 4.78 is 11.9. The zero-order valence-corrected chi connectivity index (χ0v) is 16.1. The van der Waals surface area contributed by atoms with Crippen LogP contribution in [0.15, 0.2) is 40.2 Å². The van der Waals surface area contributed by atoms with Gasteiger partial charge in [-0.2, -0.15) is 0 Å². The highest BCUT2D eigenvalue weighted by Crippen LogP contribution is 2.38. The van der Waals surface area contributed by atoms with Crippen LogP contribution >= 0.6 is 39.2 Å². The maximum absolute atomic E-state index is 5.56. The SMILES string of the molecule is COc1ccc(Br)cc1-n1c(NSC2CC2)nnc1-c1cccs1. The summed E-state index contributed by atoms with van der Waals surface area (Å²) >= 11 is 6.90. The predicted molar refractivity (Wildman–Crippen MR) is 103 cm³/mol. The molecule has 4 rings (SSSR count). The molecule has 1 fully saturated rings. The van der Waals surface area contributed by atoms with Gasteiger partial charge in [-0.05, 0) is 54.4 Å². The Hall–Kier alpha value is -1.51. The van der Waals surface area contributed by atoms with Crippen molar-refractivity contribution in [2.75, 3.05) is 11.8 Å². The molecular formula is C16H15BrN4OS2. The summed E-state index contributed by atoms with van der Waals surface area (Å²) in [4.78, 5) is 1.06. The Kier molecular flexibility index (Phi) is 4.51. The second-order valence-corrected chi connectivity index (χ2v) is 8.37. The van der Waals surface area contributed by atoms with Gasteiger partial charge >= 0.3 is 0 Å². The van der Waals surface area contributed by atoms with E-state index >= 15 is 0 Å². The highest BCUT2D eigenvalue weighted by atomic mass is 79.9. The van der Waals surface area contributed by atoms with Gasteiger partial charge in [0, 0.05) is 9.72 Å². The Morgan fingerprint density at radius 2 is 2.21 bits per heavy atom. The van der Waals surface area contributed by atoms with Crippen LogP contribution in [-0.2, 0) is 0 Å². The number of rotatable bonds is 6. The highest BCUT2D eigenvalue weighted by Gasteiger charge is 2.25. The van der Waals surface area contributed by atoms with Gasteiger partial charge in [-0.1, -0.05) is 22.0 Å². The molecule has 1 saturated carbocycles. The minimum Gasteiger partial charge on any atom is -0.495 e. The average molecular weight is 423 g/mol. The van der Waals surface area contributed by atoms with Gasteiger partial charge in [-0.3, -0.25) is 9.29 Å². The summed E-state index contributed by atoms with van der Waals surface area (Å²) in [5.41, 5.74) is 0.902. The lowest BCUT2D eigenvalue weighted by atomic mass is 10.3. The molecule has 3 aromatic rings. The number of hydrogen-bond donors (Lipinski definition) is 1. The molecule has 1 aliphatic rings. The van der Waals surface area contributed by atoms with E-state index in [0.717, 1.165) is 26.6 Å². The smallest absolute Gasteiger partial charge is 0.239 e. The van der Waals surface area contributed by atoms with Gasteiger partial charge in [-0.15, -0.1) is 21.5 Å². The van der Waals surface area contributed by atoms with Crippen LogP contribution in [-0.4, -0.2) is 27.1 Å². The number of nitrogens with one attached hydrogen (secondary N) is 1. The topological polar surface area (TPSA) is 52.0 Å². The van der Waals surface area contributed by atoms with Gasteiger partial charge in [-0.25, -0.2) is 0 Å². The van der Waals surface area contributed by atoms with Gasteiger partial charge in [0.25, 0.3) is 0 Å². The molecule has 0 saturated heterocycles. The lowest BCUT2D eigenvalue weighted by Gasteiger charge is -2.14. The number of anilines is 1. The van der Waals surface area contributed by atoms with Crippen molar-refractivity contribution in [3.63, 3.8) is 0 Å². The number of benzene rings is 1. The molecule has 1 aromatic carbocycles. The molecule has 0 aliphatic heterocycles. The Balaban J connectivity index is 1.84. The zero-order chi connectivity index (χ0) is 16.5. The number of hydrogen-bond acceptors (Lipinski definition) is 6. The van der Waals surface area contributed by atoms with Crippen LogP contribution < -0.4 is 9.46 Å². The van der Waals surface area contributed by atoms with Gasteiger partial charge in [0.2, 0.25) is 5.95 Å². The molecule has 0 amide bonds. The Morgan fingerprint density at radius 1 is 1.33 bits per heavy atom. The van der Waals surface area contributed by atoms with Crippen LogP contribution in [0.2, 0.25) is 0 Å². The molecule has 0 unspecified atom stereocenters. The van der Waals surface area contributed by atoms with Crippen molar-refractivity contribution in [2.45, 2.75) is 18.1 Å². The van der Waals surface area contributed by atoms with Crippen molar-refractivity contribution >= 4 is 45.2 Å². The van der Waals surface area contributed by atoms with E-state index in [0.29, 0.717) is 11.2 Å². The molecule has 0 atom stereocenters. The second-order valence-electron chi connectivity index (χ2n) is 5.40. The summed E-state index contributed by atoms with van der Waals surface area (Å²) in [7, 11) is 1.67. The predicted octanol–water partition coefficient (Wildman–Crippen LogP) is 4.99. The van der Waals surface area contributed by atoms with Crippen molar-refractivity contribution in [3.05, 3.63) is 40.2 Å². The number of halogens is 1. The minimum absolute atomic E-state index is 0.671. The van der Waals surface area contributed by atoms with Gasteiger partial charge in [0.1, 0.15) is 5.75 Å². The fourth-order valence-corrected chi connectivity index (χ4v) is 4.13. The van der Waals surface area contributed by atoms with Crippen molar-refractivity contribution in [1.82, 2.24) is 14.8 Å². The van der Waals surface area contributed by atoms with E-state index in [-0.39, 0.29) is 0 Å². The van der Waals surface area contributed by atoms with Gasteiger partial charge < -0.3 is 4.74 Å². The van der Waals surface area contributed by atoms with Crippen molar-refractivity contribution < 1.29 is 4.74 Å². The quantitative estimate of drug-likeness (QED) is 0.567. The minimum atomic E-state index is 0.671. The van der Waals surface area contributed by atoms with Crippen molar-refractivity contribution in [1.29, 1.82) is 0 Å². The monoisotopic (exact) mass is 422 g/mol. The summed E-state index contributed by atoms with van der Waals surface area (Å²) in [6, 6.07) is 9.99. The molecule has 5 nitrogen and oxygen atoms in total. The largest absolute Gasteiger partial charge is 0.495 e. The third-order valence-corrected chi connectivity index (χ3v) is 6.09. The third kappa shape index (κ3) is 3.18. The molecule has 0 radical (unpaired) electrons. The highest BCUT2D eigenvalue weighted by molar-refractivity contribution is 9.10. The Bertz CT molecular complexity index is 846. The van der Waals surface area contributed by atoms with Crippen LogP contribution in [0.5, 0.6) is 5.75 Å². The van der Waals surface area contributed by atoms with Crippen molar-refractivity contribution in [2.24, 2.45) is 0 Å². The van der Waals surface area contributed by atoms with E-state index in [4.69, 9.17) is 4.74 Å². The van der Waals surface area contributed by atoms with E-state index in [9.17, 15) is 0 Å². The number of aromatic nitrogens is 3. The molecule has 24 heavy (non-hydrogen) atoms. The average Bonchev–Trinajstić information content (AvgIpc) is 3.10. The molecule has 1 N–H and O–H groups in total. The summed E-state index contributed by atoms with van der Waals surface area (Å²) in [5.74, 6) is 2.29. The van der Waals surface area contributed by atoms with E-state index in [1.165, 1.54) is 12.8 Å². The number of methoxy groups -OCH3 is 1. The van der Waals surface area contributed by atoms with E-state index in [2.05, 4.69) is 30.8 Å². The molecule has 2 heterocycles. The molecule has 8 heteroatoms.